The Balaban J connectivity index is 1.99. The largest absolute Gasteiger partial charge is 0.573 e. The van der Waals surface area contributed by atoms with Crippen LogP contribution in [0.25, 0.3) is 0 Å². The lowest BCUT2D eigenvalue weighted by molar-refractivity contribution is -0.275. The Bertz CT molecular complexity index is 1110. The second-order valence-corrected chi connectivity index (χ2v) is 6.81. The fourth-order valence-electron chi connectivity index (χ4n) is 2.59. The van der Waals surface area contributed by atoms with Crippen LogP contribution in [0.1, 0.15) is 27.7 Å². The number of amides is 1. The Morgan fingerprint density at radius 1 is 1.20 bits per heavy atom. The van der Waals surface area contributed by atoms with Gasteiger partial charge in [0.25, 0.3) is 5.91 Å². The Labute approximate surface area is 175 Å². The summed E-state index contributed by atoms with van der Waals surface area (Å²) < 4.78 is 55.6. The molecular formula is C19H12BrF4N3O3. The molecule has 1 amide bonds. The minimum absolute atomic E-state index is 0.115. The standard InChI is InChI=1S/C19H12BrF4N3O3/c20-12-2-1-7-25-17(12)16(27-18(29)11-4-6-15(28)26-9-11)10-3-5-14(13(21)8-10)30-19(22,23)24/h1-9,16H,(H,26,28)(H,27,29)/t16-/m0/s1. The average Bonchev–Trinajstić information content (AvgIpc) is 2.68. The number of ether oxygens (including phenoxy) is 1. The molecule has 0 aliphatic rings. The first-order valence-corrected chi connectivity index (χ1v) is 9.08. The molecule has 1 atom stereocenters. The van der Waals surface area contributed by atoms with Crippen LogP contribution in [0.2, 0.25) is 0 Å². The van der Waals surface area contributed by atoms with E-state index in [0.29, 0.717) is 10.2 Å². The molecule has 3 rings (SSSR count). The third kappa shape index (κ3) is 5.23. The number of rotatable bonds is 5. The summed E-state index contributed by atoms with van der Waals surface area (Å²) in [6.45, 7) is 0. The van der Waals surface area contributed by atoms with Crippen molar-refractivity contribution in [2.45, 2.75) is 12.4 Å². The summed E-state index contributed by atoms with van der Waals surface area (Å²) in [6.07, 6.45) is -2.41. The van der Waals surface area contributed by atoms with E-state index in [-0.39, 0.29) is 11.1 Å². The molecule has 11 heteroatoms. The molecule has 2 aromatic heterocycles. The minimum Gasteiger partial charge on any atom is -0.403 e. The van der Waals surface area contributed by atoms with Crippen LogP contribution in [0.4, 0.5) is 17.6 Å². The molecule has 156 valence electrons. The van der Waals surface area contributed by atoms with Crippen molar-refractivity contribution in [3.63, 3.8) is 0 Å². The molecule has 2 heterocycles. The molecule has 2 N–H and O–H groups in total. The number of hydrogen-bond acceptors (Lipinski definition) is 4. The summed E-state index contributed by atoms with van der Waals surface area (Å²) in [6, 6.07) is 7.50. The van der Waals surface area contributed by atoms with Crippen molar-refractivity contribution in [2.75, 3.05) is 0 Å². The number of pyridine rings is 2. The van der Waals surface area contributed by atoms with Crippen LogP contribution in [-0.2, 0) is 0 Å². The van der Waals surface area contributed by atoms with Gasteiger partial charge in [-0.1, -0.05) is 6.07 Å². The van der Waals surface area contributed by atoms with Crippen molar-refractivity contribution in [3.05, 3.63) is 92.3 Å². The fraction of sp³-hybridized carbons (Fsp3) is 0.105. The van der Waals surface area contributed by atoms with Crippen LogP contribution in [0.3, 0.4) is 0 Å². The van der Waals surface area contributed by atoms with Crippen molar-refractivity contribution in [2.24, 2.45) is 0 Å². The average molecular weight is 486 g/mol. The van der Waals surface area contributed by atoms with Crippen molar-refractivity contribution in [1.82, 2.24) is 15.3 Å². The summed E-state index contributed by atoms with van der Waals surface area (Å²) in [4.78, 5) is 30.3. The van der Waals surface area contributed by atoms with Gasteiger partial charge in [0, 0.05) is 22.9 Å². The maximum atomic E-state index is 14.3. The zero-order chi connectivity index (χ0) is 21.9. The number of carbonyl (C=O) groups excluding carboxylic acids is 1. The topological polar surface area (TPSA) is 84.1 Å². The monoisotopic (exact) mass is 485 g/mol. The molecule has 0 aliphatic carbocycles. The van der Waals surface area contributed by atoms with Crippen molar-refractivity contribution in [3.8, 4) is 5.75 Å². The van der Waals surface area contributed by atoms with E-state index in [1.807, 2.05) is 0 Å². The Morgan fingerprint density at radius 3 is 2.57 bits per heavy atom. The van der Waals surface area contributed by atoms with Gasteiger partial charge in [-0.15, -0.1) is 13.2 Å². The Morgan fingerprint density at radius 2 is 1.97 bits per heavy atom. The van der Waals surface area contributed by atoms with E-state index in [1.165, 1.54) is 24.5 Å². The minimum atomic E-state index is -5.05. The number of aromatic nitrogens is 2. The summed E-state index contributed by atoms with van der Waals surface area (Å²) in [7, 11) is 0. The van der Waals surface area contributed by atoms with E-state index >= 15 is 0 Å². The summed E-state index contributed by atoms with van der Waals surface area (Å²) >= 11 is 3.29. The van der Waals surface area contributed by atoms with Gasteiger partial charge in [0.1, 0.15) is 0 Å². The number of carbonyl (C=O) groups is 1. The number of halogens is 5. The second kappa shape index (κ2) is 8.66. The number of benzene rings is 1. The molecule has 1 aromatic carbocycles. The number of alkyl halides is 3. The molecular weight excluding hydrogens is 474 g/mol. The van der Waals surface area contributed by atoms with Gasteiger partial charge in [-0.2, -0.15) is 0 Å². The molecule has 30 heavy (non-hydrogen) atoms. The summed E-state index contributed by atoms with van der Waals surface area (Å²) in [5, 5.41) is 2.64. The third-order valence-electron chi connectivity index (χ3n) is 3.90. The Kier molecular flexibility index (Phi) is 6.20. The number of hydrogen-bond donors (Lipinski definition) is 2. The lowest BCUT2D eigenvalue weighted by Gasteiger charge is -2.21. The molecule has 0 fully saturated rings. The van der Waals surface area contributed by atoms with E-state index in [1.54, 1.807) is 12.1 Å². The number of H-pyrrole nitrogens is 1. The highest BCUT2D eigenvalue weighted by molar-refractivity contribution is 9.10. The van der Waals surface area contributed by atoms with Crippen molar-refractivity contribution < 1.29 is 27.1 Å². The molecule has 6 nitrogen and oxygen atoms in total. The first-order chi connectivity index (χ1) is 14.1. The highest BCUT2D eigenvalue weighted by Gasteiger charge is 2.33. The number of nitrogens with one attached hydrogen (secondary N) is 2. The van der Waals surface area contributed by atoms with Gasteiger partial charge in [0.15, 0.2) is 11.6 Å². The fourth-order valence-corrected chi connectivity index (χ4v) is 3.07. The first kappa shape index (κ1) is 21.5. The van der Waals surface area contributed by atoms with E-state index < -0.39 is 35.4 Å². The molecule has 0 saturated carbocycles. The zero-order valence-electron chi connectivity index (χ0n) is 14.8. The highest BCUT2D eigenvalue weighted by Crippen LogP contribution is 2.31. The van der Waals surface area contributed by atoms with Gasteiger partial charge >= 0.3 is 6.36 Å². The van der Waals surface area contributed by atoms with Crippen LogP contribution in [0.15, 0.2) is 64.1 Å². The molecule has 3 aromatic rings. The molecule has 0 aliphatic heterocycles. The van der Waals surface area contributed by atoms with Crippen LogP contribution in [0.5, 0.6) is 5.75 Å². The number of aromatic amines is 1. The normalized spacial score (nSPS) is 12.3. The van der Waals surface area contributed by atoms with E-state index in [9.17, 15) is 27.2 Å². The van der Waals surface area contributed by atoms with Gasteiger partial charge in [-0.3, -0.25) is 14.6 Å². The van der Waals surface area contributed by atoms with Crippen LogP contribution in [-0.4, -0.2) is 22.2 Å². The molecule has 0 spiro atoms. The maximum absolute atomic E-state index is 14.3. The third-order valence-corrected chi connectivity index (χ3v) is 4.57. The zero-order valence-corrected chi connectivity index (χ0v) is 16.4. The van der Waals surface area contributed by atoms with Crippen molar-refractivity contribution >= 4 is 21.8 Å². The van der Waals surface area contributed by atoms with Gasteiger partial charge in [-0.25, -0.2) is 4.39 Å². The highest BCUT2D eigenvalue weighted by atomic mass is 79.9. The summed E-state index contributed by atoms with van der Waals surface area (Å²) in [5.41, 5.74) is 0.125. The second-order valence-electron chi connectivity index (χ2n) is 5.96. The molecule has 0 bridgehead atoms. The van der Waals surface area contributed by atoms with Gasteiger partial charge in [0.2, 0.25) is 5.56 Å². The number of nitrogens with zero attached hydrogens (tertiary/aromatic N) is 1. The molecule has 0 radical (unpaired) electrons. The smallest absolute Gasteiger partial charge is 0.403 e. The van der Waals surface area contributed by atoms with E-state index in [4.69, 9.17) is 0 Å². The van der Waals surface area contributed by atoms with E-state index in [2.05, 4.69) is 36.0 Å². The Hall–Kier alpha value is -3.21. The predicted molar refractivity (Wildman–Crippen MR) is 101 cm³/mol. The van der Waals surface area contributed by atoms with Crippen LogP contribution >= 0.6 is 15.9 Å². The van der Waals surface area contributed by atoms with Crippen molar-refractivity contribution in [1.29, 1.82) is 0 Å². The SMILES string of the molecule is O=C(N[C@@H](c1ccc(OC(F)(F)F)c(F)c1)c1ncccc1Br)c1ccc(=O)[nH]c1. The maximum Gasteiger partial charge on any atom is 0.573 e. The molecule has 0 saturated heterocycles. The van der Waals surface area contributed by atoms with Crippen LogP contribution in [0, 0.1) is 5.82 Å². The quantitative estimate of drug-likeness (QED) is 0.533. The van der Waals surface area contributed by atoms with Gasteiger partial charge < -0.3 is 15.0 Å². The van der Waals surface area contributed by atoms with Gasteiger partial charge in [0.05, 0.1) is 17.3 Å². The summed E-state index contributed by atoms with van der Waals surface area (Å²) in [5.74, 6) is -2.89. The predicted octanol–water partition coefficient (Wildman–Crippen LogP) is 4.09. The van der Waals surface area contributed by atoms with Gasteiger partial charge in [-0.05, 0) is 51.8 Å². The first-order valence-electron chi connectivity index (χ1n) is 8.29. The molecule has 0 unspecified atom stereocenters. The van der Waals surface area contributed by atoms with Crippen LogP contribution < -0.4 is 15.6 Å². The van der Waals surface area contributed by atoms with E-state index in [0.717, 1.165) is 18.2 Å². The lowest BCUT2D eigenvalue weighted by Crippen LogP contribution is -2.30. The lowest BCUT2D eigenvalue weighted by atomic mass is 10.0.